The van der Waals surface area contributed by atoms with Gasteiger partial charge in [0.1, 0.15) is 0 Å². The van der Waals surface area contributed by atoms with Crippen molar-refractivity contribution < 1.29 is 70.5 Å². The van der Waals surface area contributed by atoms with Crippen LogP contribution in [0.25, 0.3) is 0 Å². The van der Waals surface area contributed by atoms with E-state index in [-0.39, 0.29) is 65.4 Å². The van der Waals surface area contributed by atoms with Crippen LogP contribution in [0.15, 0.2) is 0 Å². The molecule has 0 aliphatic heterocycles. The van der Waals surface area contributed by atoms with Gasteiger partial charge in [0.2, 0.25) is 0 Å². The smallest absolute Gasteiger partial charge is 0 e. The molecule has 0 bridgehead atoms. The van der Waals surface area contributed by atoms with E-state index in [1.807, 2.05) is 0 Å². The molecular weight excluding hydrogens is 206 g/mol. The summed E-state index contributed by atoms with van der Waals surface area (Å²) in [6, 6.07) is 0. The Morgan fingerprint density at radius 1 is 1.00 bits per heavy atom. The molecule has 0 amide bonds. The molecule has 0 aromatic carbocycles. The minimum absolute atomic E-state index is 0. The molecule has 1 N–H and O–H groups in total. The van der Waals surface area contributed by atoms with Crippen LogP contribution in [0.5, 0.6) is 0 Å². The third-order valence-corrected chi connectivity index (χ3v) is 0. The molecule has 0 unspecified atom stereocenters. The number of hydrogen-bond donors (Lipinski definition) is 1. The van der Waals surface area contributed by atoms with E-state index in [9.17, 15) is 0 Å². The van der Waals surface area contributed by atoms with E-state index in [2.05, 4.69) is 7.11 Å². The van der Waals surface area contributed by atoms with Gasteiger partial charge in [0.05, 0.1) is 0 Å². The van der Waals surface area contributed by atoms with Crippen LogP contribution in [0.4, 0.5) is 0 Å². The van der Waals surface area contributed by atoms with E-state index in [0.717, 1.165) is 0 Å². The fraction of sp³-hybridized carbons (Fsp3) is 0. The van der Waals surface area contributed by atoms with Gasteiger partial charge in [-0.2, -0.15) is 0 Å². The van der Waals surface area contributed by atoms with Crippen LogP contribution >= 0.6 is 0 Å². The molecule has 0 saturated heterocycles. The van der Waals surface area contributed by atoms with E-state index in [4.69, 9.17) is 5.11 Å². The van der Waals surface area contributed by atoms with Crippen LogP contribution < -0.4 is 0 Å². The zero-order valence-corrected chi connectivity index (χ0v) is 7.99. The second-order valence-corrected chi connectivity index (χ2v) is 0. The number of rotatable bonds is 0. The van der Waals surface area contributed by atoms with Crippen molar-refractivity contribution in [3.63, 3.8) is 0 Å². The molecule has 0 saturated carbocycles. The predicted octanol–water partition coefficient (Wildman–Crippen LogP) is 0.145. The average Bonchev–Trinajstić information content (AvgIpc) is 1.00. The molecule has 0 fully saturated rings. The van der Waals surface area contributed by atoms with Gasteiger partial charge >= 0.3 is 0 Å². The van der Waals surface area contributed by atoms with Crippen molar-refractivity contribution in [3.8, 4) is 0 Å². The number of aliphatic hydroxyl groups excluding tert-OH is 1. The van der Waals surface area contributed by atoms with Gasteiger partial charge in [-0.1, -0.05) is 0 Å². The van der Waals surface area contributed by atoms with E-state index >= 15 is 0 Å². The summed E-state index contributed by atoms with van der Waals surface area (Å²) in [6.45, 7) is 0. The standard InChI is InChI=1S/CH3O.2Y/c1-2;;/h2H,1H2;;/q-1;;. The van der Waals surface area contributed by atoms with Crippen molar-refractivity contribution in [2.24, 2.45) is 0 Å². The van der Waals surface area contributed by atoms with Crippen molar-refractivity contribution >= 4 is 0 Å². The first-order valence-corrected chi connectivity index (χ1v) is 0.316. The molecule has 2 radical (unpaired) electrons. The topological polar surface area (TPSA) is 20.2 Å². The van der Waals surface area contributed by atoms with Crippen LogP contribution in [-0.4, -0.2) is 5.11 Å². The third-order valence-electron chi connectivity index (χ3n) is 0. The van der Waals surface area contributed by atoms with Crippen LogP contribution in [0, 0.1) is 7.11 Å². The quantitative estimate of drug-likeness (QED) is 0.562. The second-order valence-electron chi connectivity index (χ2n) is 0. The van der Waals surface area contributed by atoms with Crippen LogP contribution in [0.1, 0.15) is 0 Å². The Balaban J connectivity index is -0.00000000500. The number of hydrogen-bond acceptors (Lipinski definition) is 1. The first kappa shape index (κ1) is 16.4. The van der Waals surface area contributed by atoms with E-state index in [1.54, 1.807) is 0 Å². The minimum atomic E-state index is 0. The zero-order chi connectivity index (χ0) is 2.00. The summed E-state index contributed by atoms with van der Waals surface area (Å²) in [4.78, 5) is 0. The molecule has 0 atom stereocenters. The maximum atomic E-state index is 6.75. The molecule has 0 spiro atoms. The van der Waals surface area contributed by atoms with E-state index in [0.29, 0.717) is 0 Å². The van der Waals surface area contributed by atoms with Gasteiger partial charge in [0.25, 0.3) is 0 Å². The van der Waals surface area contributed by atoms with Crippen molar-refractivity contribution in [1.82, 2.24) is 0 Å². The van der Waals surface area contributed by atoms with Gasteiger partial charge in [-0.05, 0) is 0 Å². The fourth-order valence-electron chi connectivity index (χ4n) is 0. The van der Waals surface area contributed by atoms with Gasteiger partial charge in [-0.25, -0.2) is 7.11 Å². The van der Waals surface area contributed by atoms with Crippen molar-refractivity contribution in [2.45, 2.75) is 0 Å². The molecule has 0 rings (SSSR count). The van der Waals surface area contributed by atoms with Gasteiger partial charge in [-0.15, -0.1) is 0 Å². The first-order valence-electron chi connectivity index (χ1n) is 0.316. The summed E-state index contributed by atoms with van der Waals surface area (Å²) < 4.78 is 0. The molecule has 20 valence electrons. The minimum Gasteiger partial charge on any atom is -0.569 e. The van der Waals surface area contributed by atoms with Crippen LogP contribution in [0.2, 0.25) is 0 Å². The first-order chi connectivity index (χ1) is 1.00. The van der Waals surface area contributed by atoms with Crippen molar-refractivity contribution in [3.05, 3.63) is 7.11 Å². The van der Waals surface area contributed by atoms with Crippen molar-refractivity contribution in [2.75, 3.05) is 0 Å². The van der Waals surface area contributed by atoms with E-state index < -0.39 is 0 Å². The molecule has 0 aromatic rings. The summed E-state index contributed by atoms with van der Waals surface area (Å²) in [5.74, 6) is 0. The Morgan fingerprint density at radius 2 is 1.00 bits per heavy atom. The molecule has 1 nitrogen and oxygen atoms in total. The molecular formula is CH3OY2-. The van der Waals surface area contributed by atoms with Crippen LogP contribution in [-0.2, 0) is 65.4 Å². The molecule has 3 heteroatoms. The summed E-state index contributed by atoms with van der Waals surface area (Å²) in [5.41, 5.74) is 0. The van der Waals surface area contributed by atoms with Gasteiger partial charge in [-0.3, -0.25) is 0 Å². The molecule has 0 aliphatic rings. The van der Waals surface area contributed by atoms with Gasteiger partial charge < -0.3 is 5.11 Å². The fourth-order valence-corrected chi connectivity index (χ4v) is 0. The number of aliphatic hydroxyl groups is 1. The normalized spacial score (nSPS) is 1.50. The third kappa shape index (κ3) is 8.90. The van der Waals surface area contributed by atoms with Gasteiger partial charge in [0.15, 0.2) is 0 Å². The van der Waals surface area contributed by atoms with E-state index in [1.165, 1.54) is 0 Å². The Morgan fingerprint density at radius 3 is 1.00 bits per heavy atom. The summed E-state index contributed by atoms with van der Waals surface area (Å²) in [6.07, 6.45) is 0. The Hall–Kier alpha value is 2.17. The average molecular weight is 209 g/mol. The van der Waals surface area contributed by atoms with Gasteiger partial charge in [0, 0.05) is 65.4 Å². The predicted molar refractivity (Wildman–Crippen MR) is 7.29 cm³/mol. The molecule has 4 heavy (non-hydrogen) atoms. The summed E-state index contributed by atoms with van der Waals surface area (Å²) in [7, 11) is 2.25. The maximum Gasteiger partial charge on any atom is 0 e. The Kier molecular flexibility index (Phi) is 78.4. The van der Waals surface area contributed by atoms with Crippen molar-refractivity contribution in [1.29, 1.82) is 0 Å². The molecule has 0 aliphatic carbocycles. The summed E-state index contributed by atoms with van der Waals surface area (Å²) >= 11 is 0. The second kappa shape index (κ2) is 19.1. The Labute approximate surface area is 76.3 Å². The van der Waals surface area contributed by atoms with Crippen LogP contribution in [0.3, 0.4) is 0 Å². The maximum absolute atomic E-state index is 6.75. The monoisotopic (exact) mass is 209 g/mol. The Bertz CT molecular complexity index is 6.00. The SMILES string of the molecule is [CH2-]O.[Y].[Y]. The largest absolute Gasteiger partial charge is 0.569 e. The zero-order valence-electron chi connectivity index (χ0n) is 2.31. The molecule has 0 aromatic heterocycles. The summed E-state index contributed by atoms with van der Waals surface area (Å²) in [5, 5.41) is 6.75. The molecule has 0 heterocycles.